The molecule has 1 unspecified atom stereocenters. The summed E-state index contributed by atoms with van der Waals surface area (Å²) in [5, 5.41) is 0.752. The van der Waals surface area contributed by atoms with Crippen LogP contribution in [0, 0.1) is 0 Å². The number of aromatic nitrogens is 4. The summed E-state index contributed by atoms with van der Waals surface area (Å²) in [5.74, 6) is 0.818. The molecule has 156 valence electrons. The van der Waals surface area contributed by atoms with Gasteiger partial charge in [0.05, 0.1) is 42.1 Å². The second kappa shape index (κ2) is 8.06. The summed E-state index contributed by atoms with van der Waals surface area (Å²) in [6, 6.07) is 5.55. The van der Waals surface area contributed by atoms with Crippen molar-refractivity contribution >= 4 is 32.5 Å². The van der Waals surface area contributed by atoms with Crippen LogP contribution in [0.4, 0.5) is 0 Å². The first-order valence-corrected chi connectivity index (χ1v) is 11.8. The molecular weight excluding hydrogens is 414 g/mol. The van der Waals surface area contributed by atoms with Crippen molar-refractivity contribution in [3.05, 3.63) is 40.9 Å². The van der Waals surface area contributed by atoms with Gasteiger partial charge in [-0.15, -0.1) is 0 Å². The van der Waals surface area contributed by atoms with Crippen LogP contribution in [-0.2, 0) is 34.2 Å². The normalized spacial score (nSPS) is 17.6. The van der Waals surface area contributed by atoms with E-state index in [0.717, 1.165) is 42.0 Å². The van der Waals surface area contributed by atoms with Crippen molar-refractivity contribution in [3.8, 4) is 0 Å². The van der Waals surface area contributed by atoms with E-state index in [-0.39, 0.29) is 11.3 Å². The average Bonchev–Trinajstić information content (AvgIpc) is 3.35. The Kier molecular flexibility index (Phi) is 5.65. The average molecular weight is 438 g/mol. The van der Waals surface area contributed by atoms with E-state index >= 15 is 0 Å². The summed E-state index contributed by atoms with van der Waals surface area (Å²) < 4.78 is 31.9. The van der Waals surface area contributed by atoms with Gasteiger partial charge in [0.2, 0.25) is 15.0 Å². The maximum atomic E-state index is 12.2. The number of nitrogens with zero attached hydrogens (tertiary/aromatic N) is 4. The third-order valence-electron chi connectivity index (χ3n) is 4.99. The first-order chi connectivity index (χ1) is 13.8. The van der Waals surface area contributed by atoms with E-state index in [1.54, 1.807) is 10.8 Å². The number of benzene rings is 1. The minimum atomic E-state index is -3.42. The topological polar surface area (TPSA) is 93.1 Å². The molecule has 4 rings (SSSR count). The minimum Gasteiger partial charge on any atom is -0.376 e. The number of hydrogen-bond donors (Lipinski definition) is 1. The molecule has 0 amide bonds. The molecule has 0 spiro atoms. The largest absolute Gasteiger partial charge is 0.376 e. The lowest BCUT2D eigenvalue weighted by Crippen LogP contribution is -2.24. The Bertz CT molecular complexity index is 1120. The molecule has 29 heavy (non-hydrogen) atoms. The first kappa shape index (κ1) is 20.3. The lowest BCUT2D eigenvalue weighted by molar-refractivity contribution is 0.0934. The van der Waals surface area contributed by atoms with Crippen molar-refractivity contribution in [1.82, 2.24) is 24.4 Å². The lowest BCUT2D eigenvalue weighted by atomic mass is 10.2. The lowest BCUT2D eigenvalue weighted by Gasteiger charge is -2.19. The van der Waals surface area contributed by atoms with Gasteiger partial charge in [0.25, 0.3) is 0 Å². The molecule has 1 saturated heterocycles. The molecule has 1 aliphatic rings. The zero-order valence-corrected chi connectivity index (χ0v) is 18.0. The molecule has 0 aliphatic carbocycles. The smallest absolute Gasteiger partial charge is 0.227 e. The fourth-order valence-electron chi connectivity index (χ4n) is 3.70. The highest BCUT2D eigenvalue weighted by molar-refractivity contribution is 7.90. The van der Waals surface area contributed by atoms with Crippen LogP contribution in [0.15, 0.2) is 29.6 Å². The molecule has 1 N–H and O–H groups in total. The summed E-state index contributed by atoms with van der Waals surface area (Å²) in [6.45, 7) is 2.33. The molecule has 3 aromatic rings. The second-order valence-corrected chi connectivity index (χ2v) is 9.91. The fourth-order valence-corrected chi connectivity index (χ4v) is 4.71. The number of aromatic amines is 1. The zero-order valence-electron chi connectivity index (χ0n) is 16.4. The van der Waals surface area contributed by atoms with E-state index in [9.17, 15) is 8.42 Å². The van der Waals surface area contributed by atoms with Gasteiger partial charge in [-0.3, -0.25) is 4.90 Å². The van der Waals surface area contributed by atoms with Crippen LogP contribution in [-0.4, -0.2) is 58.9 Å². The number of halogens is 1. The Morgan fingerprint density at radius 1 is 1.38 bits per heavy atom. The Hall–Kier alpha value is -1.94. The minimum absolute atomic E-state index is 0.0221. The molecule has 1 aromatic carbocycles. The SMILES string of the molecule is CN(Cc1nc2ccc(Cl)cc2[nH]1)Cc1cnc(S(C)(=O)=O)n1CC1CCCO1. The van der Waals surface area contributed by atoms with Crippen molar-refractivity contribution in [2.24, 2.45) is 0 Å². The number of rotatable bonds is 7. The molecule has 0 radical (unpaired) electrons. The molecule has 3 heterocycles. The molecule has 0 saturated carbocycles. The predicted molar refractivity (Wildman–Crippen MR) is 111 cm³/mol. The Morgan fingerprint density at radius 3 is 2.93 bits per heavy atom. The van der Waals surface area contributed by atoms with Crippen molar-refractivity contribution in [1.29, 1.82) is 0 Å². The van der Waals surface area contributed by atoms with Gasteiger partial charge in [-0.1, -0.05) is 11.6 Å². The molecule has 8 nitrogen and oxygen atoms in total. The van der Waals surface area contributed by atoms with Gasteiger partial charge >= 0.3 is 0 Å². The van der Waals surface area contributed by atoms with Crippen LogP contribution >= 0.6 is 11.6 Å². The van der Waals surface area contributed by atoms with E-state index in [1.165, 1.54) is 6.26 Å². The van der Waals surface area contributed by atoms with E-state index in [1.807, 2.05) is 25.2 Å². The van der Waals surface area contributed by atoms with Crippen LogP contribution in [0.1, 0.15) is 24.4 Å². The summed E-state index contributed by atoms with van der Waals surface area (Å²) in [4.78, 5) is 14.1. The van der Waals surface area contributed by atoms with Crippen molar-refractivity contribution in [2.45, 2.75) is 43.7 Å². The van der Waals surface area contributed by atoms with Crippen LogP contribution in [0.5, 0.6) is 0 Å². The summed E-state index contributed by atoms with van der Waals surface area (Å²) in [5.41, 5.74) is 2.59. The second-order valence-electron chi connectivity index (χ2n) is 7.57. The summed E-state index contributed by atoms with van der Waals surface area (Å²) in [7, 11) is -1.46. The number of nitrogens with one attached hydrogen (secondary N) is 1. The van der Waals surface area contributed by atoms with Crippen molar-refractivity contribution in [2.75, 3.05) is 19.9 Å². The number of hydrogen-bond acceptors (Lipinski definition) is 6. The molecule has 2 aromatic heterocycles. The third-order valence-corrected chi connectivity index (χ3v) is 6.21. The highest BCUT2D eigenvalue weighted by Crippen LogP contribution is 2.21. The van der Waals surface area contributed by atoms with Gasteiger partial charge in [0.15, 0.2) is 0 Å². The number of H-pyrrole nitrogens is 1. The van der Waals surface area contributed by atoms with Gasteiger partial charge in [-0.25, -0.2) is 18.4 Å². The van der Waals surface area contributed by atoms with E-state index in [0.29, 0.717) is 24.7 Å². The number of ether oxygens (including phenoxy) is 1. The summed E-state index contributed by atoms with van der Waals surface area (Å²) >= 11 is 6.04. The number of imidazole rings is 2. The Morgan fingerprint density at radius 2 is 2.21 bits per heavy atom. The maximum absolute atomic E-state index is 12.2. The molecule has 1 fully saturated rings. The highest BCUT2D eigenvalue weighted by atomic mass is 35.5. The molecule has 1 atom stereocenters. The van der Waals surface area contributed by atoms with Gasteiger partial charge in [0, 0.05) is 24.4 Å². The Labute approximate surface area is 174 Å². The number of sulfone groups is 1. The van der Waals surface area contributed by atoms with Gasteiger partial charge in [-0.2, -0.15) is 0 Å². The monoisotopic (exact) mass is 437 g/mol. The zero-order chi connectivity index (χ0) is 20.6. The summed E-state index contributed by atoms with van der Waals surface area (Å²) in [6.07, 6.45) is 4.78. The maximum Gasteiger partial charge on any atom is 0.227 e. The Balaban J connectivity index is 1.53. The fraction of sp³-hybridized carbons (Fsp3) is 0.474. The van der Waals surface area contributed by atoms with Crippen LogP contribution in [0.3, 0.4) is 0 Å². The van der Waals surface area contributed by atoms with E-state index in [4.69, 9.17) is 16.3 Å². The van der Waals surface area contributed by atoms with Crippen molar-refractivity contribution in [3.63, 3.8) is 0 Å². The third kappa shape index (κ3) is 4.63. The quantitative estimate of drug-likeness (QED) is 0.610. The van der Waals surface area contributed by atoms with Gasteiger partial charge in [-0.05, 0) is 38.1 Å². The van der Waals surface area contributed by atoms with Crippen molar-refractivity contribution < 1.29 is 13.2 Å². The van der Waals surface area contributed by atoms with Gasteiger partial charge < -0.3 is 14.3 Å². The first-order valence-electron chi connectivity index (χ1n) is 9.48. The molecule has 1 aliphatic heterocycles. The van der Waals surface area contributed by atoms with Crippen LogP contribution < -0.4 is 0 Å². The molecule has 10 heteroatoms. The number of fused-ring (bicyclic) bond motifs is 1. The van der Waals surface area contributed by atoms with E-state index < -0.39 is 9.84 Å². The standard InChI is InChI=1S/C19H24ClN5O3S/c1-24(12-18-22-16-6-5-13(20)8-17(16)23-18)10-14-9-21-19(29(2,26)27)25(14)11-15-4-3-7-28-15/h5-6,8-9,15H,3-4,7,10-12H2,1-2H3,(H,22,23). The molecular formula is C19H24ClN5O3S. The molecule has 0 bridgehead atoms. The van der Waals surface area contributed by atoms with Gasteiger partial charge in [0.1, 0.15) is 5.82 Å². The highest BCUT2D eigenvalue weighted by Gasteiger charge is 2.24. The van der Waals surface area contributed by atoms with Crippen LogP contribution in [0.25, 0.3) is 11.0 Å². The van der Waals surface area contributed by atoms with Crippen LogP contribution in [0.2, 0.25) is 5.02 Å². The van der Waals surface area contributed by atoms with E-state index in [2.05, 4.69) is 19.9 Å². The predicted octanol–water partition coefficient (Wildman–Crippen LogP) is 2.63.